The molecule has 0 saturated carbocycles. The van der Waals surface area contributed by atoms with Crippen LogP contribution in [0, 0.1) is 0 Å². The van der Waals surface area contributed by atoms with E-state index in [4.69, 9.17) is 0 Å². The Kier molecular flexibility index (Phi) is 147. The molecule has 354 valence electrons. The first-order chi connectivity index (χ1) is 24.7. The van der Waals surface area contributed by atoms with Crippen LogP contribution in [0.3, 0.4) is 0 Å². The van der Waals surface area contributed by atoms with E-state index in [1.165, 1.54) is 0 Å². The molecule has 0 amide bonds. The van der Waals surface area contributed by atoms with Crippen LogP contribution in [0.4, 0.5) is 0 Å². The van der Waals surface area contributed by atoms with Gasteiger partial charge >= 0.3 is 60.8 Å². The van der Waals surface area contributed by atoms with E-state index < -0.39 is 177 Å². The Labute approximate surface area is 1100 Å². The average molecular weight is 1610 g/mol. The van der Waals surface area contributed by atoms with Crippen molar-refractivity contribution in [3.05, 3.63) is 0 Å². The van der Waals surface area contributed by atoms with Crippen LogP contribution in [-0.2, 0) is 36.5 Å². The van der Waals surface area contributed by atoms with Crippen LogP contribution in [0.15, 0.2) is 0 Å². The summed E-state index contributed by atoms with van der Waals surface area (Å²) in [5.74, 6) is 0. The maximum absolute atomic E-state index is 12.0. The minimum Gasteiger partial charge on any atom is -0.324 e. The van der Waals surface area contributed by atoms with Crippen molar-refractivity contribution >= 4 is 883 Å². The van der Waals surface area contributed by atoms with Crippen LogP contribution in [0.5, 0.6) is 0 Å². The van der Waals surface area contributed by atoms with E-state index in [0.29, 0.717) is 9.80 Å². The summed E-state index contributed by atoms with van der Waals surface area (Å²) in [6.07, 6.45) is -8.70. The summed E-state index contributed by atoms with van der Waals surface area (Å²) in [6, 6.07) is 0. The van der Waals surface area contributed by atoms with E-state index in [-0.39, 0.29) is 822 Å². The van der Waals surface area contributed by atoms with Crippen LogP contribution in [0.1, 0.15) is 0 Å². The molecule has 0 spiro atoms. The standard InChI is InChI=1S/C18H52N6O24P8.16K/c25-49(26,27)11-19(3-5-21(13-51(31,32)33)7-9-23(15-53(37,38)39)16-54(40,41)42)1-2-20(12-50(28,29)30)4-6-22(14-52(34,35)36)8-10-24(17-55(43,44)45)18-56(46,47)48;;;;;;;;;;;;;;;;/h1-18H2,(H2,25,26,27)(H2,28,29,30)(H2,31,32,33)(H2,34,35,36)(H2,37,38,39)(H2,40,41,42)(H2,43,44,45)(H2,46,47,48);;;;;;;;;;;;;;;;. The van der Waals surface area contributed by atoms with Crippen molar-refractivity contribution in [3.8, 4) is 0 Å². The first kappa shape index (κ1) is 142. The average Bonchev–Trinajstić information content (AvgIpc) is 2.87. The first-order valence-electron chi connectivity index (χ1n) is 15.4. The van der Waals surface area contributed by atoms with E-state index in [1.807, 2.05) is 0 Å². The summed E-state index contributed by atoms with van der Waals surface area (Å²) in [6.45, 7) is -4.75. The number of rotatable bonds is 31. The predicted molar refractivity (Wildman–Crippen MR) is 287 cm³/mol. The second-order valence-electron chi connectivity index (χ2n) is 12.7. The van der Waals surface area contributed by atoms with Gasteiger partial charge in [0.25, 0.3) is 0 Å². The van der Waals surface area contributed by atoms with Crippen molar-refractivity contribution in [2.24, 2.45) is 0 Å². The fraction of sp³-hybridized carbons (Fsp3) is 1.00. The predicted octanol–water partition coefficient (Wildman–Crippen LogP) is -10.2. The molecule has 16 N–H and O–H groups in total. The van der Waals surface area contributed by atoms with Gasteiger partial charge in [-0.15, -0.1) is 0 Å². The Bertz CT molecular complexity index is 1490. The molecule has 72 heavy (non-hydrogen) atoms. The third-order valence-corrected chi connectivity index (χ3v) is 12.9. The van der Waals surface area contributed by atoms with Gasteiger partial charge in [-0.1, -0.05) is 0 Å². The Morgan fingerprint density at radius 1 is 0.167 bits per heavy atom. The maximum Gasteiger partial charge on any atom is 0.339 e. The SMILES string of the molecule is O=P(O)(O)CN(CCN(CCN(CCN(CP(=O)(O)O)CP(=O)(O)O)CP(=O)(O)O)CP(=O)(O)O)CCN(CCN(CP(=O)(O)O)CP(=O)(O)O)CP(=O)(O)O.[K].[K].[K].[K].[K].[K].[K].[K].[K].[K].[K].[K].[K].[K].[K].[K]. The molecule has 0 aliphatic rings. The summed E-state index contributed by atoms with van der Waals surface area (Å²) in [4.78, 5) is 157. The molecule has 0 rings (SSSR count). The Hall–Kier alpha value is 27.1. The van der Waals surface area contributed by atoms with Gasteiger partial charge in [0.05, 0.1) is 0 Å². The van der Waals surface area contributed by atoms with Crippen LogP contribution in [0.25, 0.3) is 0 Å². The fourth-order valence-corrected chi connectivity index (χ4v) is 11.5. The molecule has 0 aliphatic carbocycles. The minimum absolute atomic E-state index is 0. The number of hydrogen-bond donors (Lipinski definition) is 16. The van der Waals surface area contributed by atoms with E-state index in [2.05, 4.69) is 0 Å². The zero-order valence-electron chi connectivity index (χ0n) is 45.4. The summed E-state index contributed by atoms with van der Waals surface area (Å²) < 4.78 is 93.6. The molecular formula is C18H52K16N6O24P8. The van der Waals surface area contributed by atoms with Crippen molar-refractivity contribution in [1.29, 1.82) is 0 Å². The minimum atomic E-state index is -4.92. The normalized spacial score (nSPS) is 11.5. The van der Waals surface area contributed by atoms with Crippen molar-refractivity contribution in [1.82, 2.24) is 29.4 Å². The molecule has 54 heteroatoms. The van der Waals surface area contributed by atoms with Gasteiger partial charge in [0, 0.05) is 888 Å². The van der Waals surface area contributed by atoms with Crippen molar-refractivity contribution in [2.45, 2.75) is 0 Å². The monoisotopic (exact) mass is 1610 g/mol. The summed E-state index contributed by atoms with van der Waals surface area (Å²) in [5, 5.41) is 0. The van der Waals surface area contributed by atoms with Gasteiger partial charge in [-0.3, -0.25) is 65.9 Å². The Balaban J connectivity index is -0.000000126. The summed E-state index contributed by atoms with van der Waals surface area (Å²) in [5.41, 5.74) is 0. The Morgan fingerprint density at radius 3 is 0.319 bits per heavy atom. The van der Waals surface area contributed by atoms with Crippen molar-refractivity contribution in [3.63, 3.8) is 0 Å². The number of nitrogens with zero attached hydrogens (tertiary/aromatic N) is 6. The molecule has 30 nitrogen and oxygen atoms in total. The molecule has 16 radical (unpaired) electrons. The molecule has 0 atom stereocenters. The molecule has 0 bridgehead atoms. The van der Waals surface area contributed by atoms with Gasteiger partial charge in [0.2, 0.25) is 0 Å². The quantitative estimate of drug-likeness (QED) is 0.0226. The summed E-state index contributed by atoms with van der Waals surface area (Å²) >= 11 is 0. The van der Waals surface area contributed by atoms with Crippen molar-refractivity contribution < 1.29 is 115 Å². The first-order valence-corrected chi connectivity index (χ1v) is 29.8. The molecular weight excluding hydrogens is 1560 g/mol. The van der Waals surface area contributed by atoms with E-state index >= 15 is 0 Å². The fourth-order valence-electron chi connectivity index (χ4n) is 4.88. The number of hydrogen-bond acceptors (Lipinski definition) is 14. The van der Waals surface area contributed by atoms with Crippen molar-refractivity contribution in [2.75, 3.05) is 116 Å². The van der Waals surface area contributed by atoms with Crippen LogP contribution >= 0.6 is 60.8 Å². The maximum atomic E-state index is 12.0. The van der Waals surface area contributed by atoms with Gasteiger partial charge in [-0.25, -0.2) is 0 Å². The van der Waals surface area contributed by atoms with Gasteiger partial charge in [0.15, 0.2) is 0 Å². The van der Waals surface area contributed by atoms with Crippen LogP contribution < -0.4 is 0 Å². The second-order valence-corrected chi connectivity index (χ2v) is 25.6. The zero-order chi connectivity index (χ0) is 44.2. The molecule has 0 aromatic carbocycles. The molecule has 0 fully saturated rings. The largest absolute Gasteiger partial charge is 0.339 e. The third kappa shape index (κ3) is 106. The zero-order valence-corrected chi connectivity index (χ0v) is 103. The molecule has 0 aromatic rings. The second kappa shape index (κ2) is 75.0. The molecule has 0 heterocycles. The van der Waals surface area contributed by atoms with Crippen LogP contribution in [0.2, 0.25) is 0 Å². The third-order valence-electron chi connectivity index (χ3n) is 6.74. The Morgan fingerprint density at radius 2 is 0.236 bits per heavy atom. The summed E-state index contributed by atoms with van der Waals surface area (Å²) in [7, 11) is -39.2. The van der Waals surface area contributed by atoms with E-state index in [0.717, 1.165) is 19.6 Å². The van der Waals surface area contributed by atoms with E-state index in [9.17, 15) is 115 Å². The smallest absolute Gasteiger partial charge is 0.324 e. The van der Waals surface area contributed by atoms with Gasteiger partial charge < -0.3 is 78.3 Å². The van der Waals surface area contributed by atoms with Gasteiger partial charge in [-0.05, 0) is 0 Å². The van der Waals surface area contributed by atoms with E-state index in [1.54, 1.807) is 0 Å². The topological polar surface area (TPSA) is 480 Å². The molecule has 0 aromatic heterocycles. The van der Waals surface area contributed by atoms with Gasteiger partial charge in [0.1, 0.15) is 50.3 Å². The molecule has 0 saturated heterocycles. The molecule has 0 aliphatic heterocycles. The molecule has 0 unspecified atom stereocenters. The van der Waals surface area contributed by atoms with Gasteiger partial charge in [-0.2, -0.15) is 0 Å². The van der Waals surface area contributed by atoms with Crippen LogP contribution in [-0.4, -0.2) is 1050 Å².